The zero-order valence-corrected chi connectivity index (χ0v) is 7.59. The minimum absolute atomic E-state index is 0.0185. The maximum atomic E-state index is 13.4. The van der Waals surface area contributed by atoms with Crippen LogP contribution in [0.4, 0.5) is 8.78 Å². The Hall–Kier alpha value is -1.16. The highest BCUT2D eigenvalue weighted by Gasteiger charge is 2.23. The Balaban J connectivity index is 2.57. The number of hydrogen-bond donors (Lipinski definition) is 1. The average molecular weight is 199 g/mol. The molecule has 4 heteroatoms. The zero-order valence-electron chi connectivity index (χ0n) is 7.59. The van der Waals surface area contributed by atoms with Gasteiger partial charge in [-0.2, -0.15) is 0 Å². The molecule has 0 spiro atoms. The highest BCUT2D eigenvalue weighted by molar-refractivity contribution is 5.39. The highest BCUT2D eigenvalue weighted by atomic mass is 19.1. The molecule has 0 aromatic heterocycles. The van der Waals surface area contributed by atoms with Gasteiger partial charge in [-0.15, -0.1) is 0 Å². The number of nitrogens with two attached hydrogens (primary N) is 1. The molecule has 0 saturated heterocycles. The number of fused-ring (bicyclic) bond motifs is 1. The van der Waals surface area contributed by atoms with E-state index < -0.39 is 17.7 Å². The van der Waals surface area contributed by atoms with E-state index in [9.17, 15) is 8.78 Å². The number of ether oxygens (including phenoxy) is 1. The van der Waals surface area contributed by atoms with E-state index in [-0.39, 0.29) is 11.3 Å². The van der Waals surface area contributed by atoms with Gasteiger partial charge in [0.1, 0.15) is 5.82 Å². The average Bonchev–Trinajstić information content (AvgIpc) is 2.35. The van der Waals surface area contributed by atoms with Crippen molar-refractivity contribution in [1.82, 2.24) is 0 Å². The summed E-state index contributed by atoms with van der Waals surface area (Å²) in [6.45, 7) is 0.390. The predicted octanol–water partition coefficient (Wildman–Crippen LogP) is 2.14. The molecule has 14 heavy (non-hydrogen) atoms. The smallest absolute Gasteiger partial charge is 0.165 e. The summed E-state index contributed by atoms with van der Waals surface area (Å²) in [6.07, 6.45) is 1.34. The van der Waals surface area contributed by atoms with Crippen LogP contribution in [0.25, 0.3) is 0 Å². The molecule has 2 nitrogen and oxygen atoms in total. The second-order valence-electron chi connectivity index (χ2n) is 3.37. The van der Waals surface area contributed by atoms with Gasteiger partial charge in [0.15, 0.2) is 11.6 Å². The van der Waals surface area contributed by atoms with Gasteiger partial charge in [0.2, 0.25) is 0 Å². The number of rotatable bonds is 0. The van der Waals surface area contributed by atoms with Crippen LogP contribution in [0, 0.1) is 11.6 Å². The molecule has 2 rings (SSSR count). The van der Waals surface area contributed by atoms with Gasteiger partial charge in [0.25, 0.3) is 0 Å². The van der Waals surface area contributed by atoms with E-state index in [4.69, 9.17) is 10.5 Å². The van der Waals surface area contributed by atoms with Gasteiger partial charge in [0, 0.05) is 11.6 Å². The SMILES string of the molecule is NC1CCCOc2c(F)ccc(F)c21. The normalized spacial score (nSPS) is 20.9. The third kappa shape index (κ3) is 1.46. The number of benzene rings is 1. The second kappa shape index (κ2) is 3.53. The summed E-state index contributed by atoms with van der Waals surface area (Å²) >= 11 is 0. The lowest BCUT2D eigenvalue weighted by atomic mass is 10.0. The van der Waals surface area contributed by atoms with E-state index in [1.165, 1.54) is 0 Å². The van der Waals surface area contributed by atoms with E-state index in [0.29, 0.717) is 19.4 Å². The van der Waals surface area contributed by atoms with Crippen molar-refractivity contribution in [3.8, 4) is 5.75 Å². The largest absolute Gasteiger partial charge is 0.490 e. The molecular weight excluding hydrogens is 188 g/mol. The summed E-state index contributed by atoms with van der Waals surface area (Å²) in [4.78, 5) is 0. The van der Waals surface area contributed by atoms with Gasteiger partial charge < -0.3 is 10.5 Å². The Bertz CT molecular complexity index is 354. The molecule has 1 unspecified atom stereocenters. The van der Waals surface area contributed by atoms with Crippen LogP contribution in [0.3, 0.4) is 0 Å². The van der Waals surface area contributed by atoms with E-state index in [1.54, 1.807) is 0 Å². The maximum Gasteiger partial charge on any atom is 0.165 e. The Kier molecular flexibility index (Phi) is 2.37. The molecule has 0 bridgehead atoms. The third-order valence-electron chi connectivity index (χ3n) is 2.37. The Morgan fingerprint density at radius 1 is 1.29 bits per heavy atom. The summed E-state index contributed by atoms with van der Waals surface area (Å²) < 4.78 is 31.7. The van der Waals surface area contributed by atoms with Gasteiger partial charge in [-0.25, -0.2) is 8.78 Å². The quantitative estimate of drug-likeness (QED) is 0.694. The van der Waals surface area contributed by atoms with E-state index >= 15 is 0 Å². The van der Waals surface area contributed by atoms with E-state index in [0.717, 1.165) is 12.1 Å². The highest BCUT2D eigenvalue weighted by Crippen LogP contribution is 2.34. The van der Waals surface area contributed by atoms with Gasteiger partial charge in [0.05, 0.1) is 6.61 Å². The molecular formula is C10H11F2NO. The van der Waals surface area contributed by atoms with Crippen LogP contribution >= 0.6 is 0 Å². The van der Waals surface area contributed by atoms with Gasteiger partial charge in [-0.1, -0.05) is 0 Å². The van der Waals surface area contributed by atoms with Crippen molar-refractivity contribution in [2.75, 3.05) is 6.61 Å². The monoisotopic (exact) mass is 199 g/mol. The molecule has 2 N–H and O–H groups in total. The zero-order chi connectivity index (χ0) is 10.1. The number of hydrogen-bond acceptors (Lipinski definition) is 2. The lowest BCUT2D eigenvalue weighted by Gasteiger charge is -2.12. The van der Waals surface area contributed by atoms with Crippen molar-refractivity contribution in [2.24, 2.45) is 5.73 Å². The fraction of sp³-hybridized carbons (Fsp3) is 0.400. The second-order valence-corrected chi connectivity index (χ2v) is 3.37. The van der Waals surface area contributed by atoms with Crippen LogP contribution in [-0.2, 0) is 0 Å². The molecule has 1 aliphatic rings. The molecule has 1 aromatic carbocycles. The predicted molar refractivity (Wildman–Crippen MR) is 48.0 cm³/mol. The first-order valence-corrected chi connectivity index (χ1v) is 4.56. The summed E-state index contributed by atoms with van der Waals surface area (Å²) in [5.74, 6) is -1.05. The molecule has 0 saturated carbocycles. The standard InChI is InChI=1S/C10H11F2NO/c11-6-3-4-7(12)10-9(6)8(13)2-1-5-14-10/h3-4,8H,1-2,5,13H2. The number of halogens is 2. The first-order chi connectivity index (χ1) is 6.70. The summed E-state index contributed by atoms with van der Waals surface area (Å²) in [5.41, 5.74) is 5.90. The van der Waals surface area contributed by atoms with E-state index in [1.807, 2.05) is 0 Å². The topological polar surface area (TPSA) is 35.2 Å². The molecule has 0 fully saturated rings. The fourth-order valence-electron chi connectivity index (χ4n) is 1.66. The molecule has 0 radical (unpaired) electrons. The maximum absolute atomic E-state index is 13.4. The molecule has 1 heterocycles. The Labute approximate surface area is 80.7 Å². The van der Waals surface area contributed by atoms with Gasteiger partial charge >= 0.3 is 0 Å². The van der Waals surface area contributed by atoms with Crippen molar-refractivity contribution in [3.05, 3.63) is 29.3 Å². The van der Waals surface area contributed by atoms with Crippen LogP contribution in [-0.4, -0.2) is 6.61 Å². The molecule has 0 aliphatic carbocycles. The third-order valence-corrected chi connectivity index (χ3v) is 2.37. The van der Waals surface area contributed by atoms with Crippen LogP contribution in [0.1, 0.15) is 24.4 Å². The summed E-state index contributed by atoms with van der Waals surface area (Å²) in [6, 6.07) is 1.68. The van der Waals surface area contributed by atoms with Crippen molar-refractivity contribution in [3.63, 3.8) is 0 Å². The van der Waals surface area contributed by atoms with Crippen LogP contribution in [0.5, 0.6) is 5.75 Å². The van der Waals surface area contributed by atoms with Crippen molar-refractivity contribution in [2.45, 2.75) is 18.9 Å². The molecule has 1 aliphatic heterocycles. The first-order valence-electron chi connectivity index (χ1n) is 4.56. The minimum atomic E-state index is -0.543. The summed E-state index contributed by atoms with van der Waals surface area (Å²) in [5, 5.41) is 0. The lowest BCUT2D eigenvalue weighted by Crippen LogP contribution is -2.11. The van der Waals surface area contributed by atoms with Crippen LogP contribution in [0.15, 0.2) is 12.1 Å². The summed E-state index contributed by atoms with van der Waals surface area (Å²) in [7, 11) is 0. The van der Waals surface area contributed by atoms with Crippen LogP contribution in [0.2, 0.25) is 0 Å². The molecule has 1 atom stereocenters. The van der Waals surface area contributed by atoms with Crippen molar-refractivity contribution >= 4 is 0 Å². The first kappa shape index (κ1) is 9.40. The molecule has 0 amide bonds. The minimum Gasteiger partial charge on any atom is -0.490 e. The molecule has 1 aromatic rings. The fourth-order valence-corrected chi connectivity index (χ4v) is 1.66. The van der Waals surface area contributed by atoms with Gasteiger partial charge in [-0.05, 0) is 25.0 Å². The lowest BCUT2D eigenvalue weighted by molar-refractivity contribution is 0.300. The molecule has 76 valence electrons. The van der Waals surface area contributed by atoms with Gasteiger partial charge in [-0.3, -0.25) is 0 Å². The van der Waals surface area contributed by atoms with Crippen molar-refractivity contribution in [1.29, 1.82) is 0 Å². The Morgan fingerprint density at radius 3 is 2.79 bits per heavy atom. The van der Waals surface area contributed by atoms with Crippen LogP contribution < -0.4 is 10.5 Å². The van der Waals surface area contributed by atoms with Crippen molar-refractivity contribution < 1.29 is 13.5 Å². The Morgan fingerprint density at radius 2 is 2.00 bits per heavy atom. The van der Waals surface area contributed by atoms with E-state index in [2.05, 4.69) is 0 Å².